The van der Waals surface area contributed by atoms with Gasteiger partial charge in [0.1, 0.15) is 5.60 Å². The van der Waals surface area contributed by atoms with Gasteiger partial charge in [-0.2, -0.15) is 0 Å². The van der Waals surface area contributed by atoms with Crippen LogP contribution in [-0.4, -0.2) is 41.1 Å². The molecule has 3 aromatic rings. The molecule has 4 aliphatic rings. The van der Waals surface area contributed by atoms with E-state index in [4.69, 9.17) is 9.47 Å². The van der Waals surface area contributed by atoms with Crippen LogP contribution in [0, 0.1) is 34.5 Å². The summed E-state index contributed by atoms with van der Waals surface area (Å²) in [6.45, 7) is 5.04. The molecule has 4 saturated carbocycles. The lowest BCUT2D eigenvalue weighted by molar-refractivity contribution is -0.253. The molecule has 0 saturated heterocycles. The molecule has 4 fully saturated rings. The van der Waals surface area contributed by atoms with Crippen LogP contribution in [-0.2, 0) is 19.9 Å². The van der Waals surface area contributed by atoms with E-state index in [1.165, 1.54) is 0 Å². The van der Waals surface area contributed by atoms with Crippen molar-refractivity contribution in [3.05, 3.63) is 108 Å². The SMILES string of the molecule is CCOC(=O)[C@@H]1CC[C@@H]2[C@H]3CC[C@@]4(O)C[C@@H](O)CC[C@]4(COC(c4ccccc4)(c4ccccc4)c4ccccc4)[C@@H]3CC[C@]21C. The molecule has 0 aromatic heterocycles. The number of aliphatic hydroxyl groups is 2. The number of ether oxygens (including phenoxy) is 2. The summed E-state index contributed by atoms with van der Waals surface area (Å²) in [5, 5.41) is 23.7. The Bertz CT molecular complexity index is 1400. The molecule has 0 heterocycles. The second-order valence-corrected chi connectivity index (χ2v) is 15.0. The number of benzene rings is 3. The third kappa shape index (κ3) is 4.88. The van der Waals surface area contributed by atoms with E-state index in [0.29, 0.717) is 44.3 Å². The zero-order valence-electron chi connectivity index (χ0n) is 27.4. The van der Waals surface area contributed by atoms with Gasteiger partial charge in [-0.1, -0.05) is 97.9 Å². The number of fused-ring (bicyclic) bond motifs is 5. The highest BCUT2D eigenvalue weighted by Crippen LogP contribution is 2.69. The second-order valence-electron chi connectivity index (χ2n) is 15.0. The second kappa shape index (κ2) is 12.2. The molecule has 244 valence electrons. The lowest BCUT2D eigenvalue weighted by atomic mass is 9.43. The molecule has 46 heavy (non-hydrogen) atoms. The third-order valence-corrected chi connectivity index (χ3v) is 13.1. The lowest BCUT2D eigenvalue weighted by Crippen LogP contribution is -2.66. The molecule has 0 aliphatic heterocycles. The van der Waals surface area contributed by atoms with E-state index < -0.39 is 22.7 Å². The molecule has 7 rings (SSSR count). The summed E-state index contributed by atoms with van der Waals surface area (Å²) in [5.74, 6) is 0.975. The molecule has 5 nitrogen and oxygen atoms in total. The fourth-order valence-corrected chi connectivity index (χ4v) is 11.0. The predicted molar refractivity (Wildman–Crippen MR) is 179 cm³/mol. The van der Waals surface area contributed by atoms with Gasteiger partial charge in [0.05, 0.1) is 30.8 Å². The van der Waals surface area contributed by atoms with Crippen LogP contribution in [0.1, 0.15) is 88.3 Å². The van der Waals surface area contributed by atoms with E-state index in [1.807, 2.05) is 25.1 Å². The summed E-state index contributed by atoms with van der Waals surface area (Å²) in [7, 11) is 0. The minimum atomic E-state index is -1.02. The Hall–Kier alpha value is -2.99. The number of hydrogen-bond donors (Lipinski definition) is 2. The average Bonchev–Trinajstić information content (AvgIpc) is 3.44. The van der Waals surface area contributed by atoms with Gasteiger partial charge in [-0.25, -0.2) is 0 Å². The van der Waals surface area contributed by atoms with E-state index in [0.717, 1.165) is 55.2 Å². The number of esters is 1. The van der Waals surface area contributed by atoms with Crippen molar-refractivity contribution in [1.29, 1.82) is 0 Å². The maximum absolute atomic E-state index is 13.2. The van der Waals surface area contributed by atoms with E-state index in [9.17, 15) is 15.0 Å². The first-order valence-electron chi connectivity index (χ1n) is 17.6. The molecule has 8 atom stereocenters. The largest absolute Gasteiger partial charge is 0.466 e. The summed E-state index contributed by atoms with van der Waals surface area (Å²) < 4.78 is 13.1. The van der Waals surface area contributed by atoms with Crippen molar-refractivity contribution in [1.82, 2.24) is 0 Å². The summed E-state index contributed by atoms with van der Waals surface area (Å²) >= 11 is 0. The third-order valence-electron chi connectivity index (χ3n) is 13.1. The molecule has 0 bridgehead atoms. The molecule has 5 heteroatoms. The summed E-state index contributed by atoms with van der Waals surface area (Å²) in [6, 6.07) is 31.5. The Morgan fingerprint density at radius 2 is 1.37 bits per heavy atom. The number of rotatable bonds is 8. The van der Waals surface area contributed by atoms with Crippen LogP contribution >= 0.6 is 0 Å². The van der Waals surface area contributed by atoms with Gasteiger partial charge in [-0.05, 0) is 98.1 Å². The minimum Gasteiger partial charge on any atom is -0.466 e. The fourth-order valence-electron chi connectivity index (χ4n) is 11.0. The Morgan fingerprint density at radius 3 is 1.93 bits per heavy atom. The number of carbonyl (C=O) groups excluding carboxylic acids is 1. The molecule has 0 unspecified atom stereocenters. The minimum absolute atomic E-state index is 0.0320. The first-order valence-corrected chi connectivity index (χ1v) is 17.6. The zero-order chi connectivity index (χ0) is 32.0. The van der Waals surface area contributed by atoms with Gasteiger partial charge in [0.25, 0.3) is 0 Å². The van der Waals surface area contributed by atoms with Crippen molar-refractivity contribution in [2.45, 2.75) is 88.9 Å². The monoisotopic (exact) mass is 622 g/mol. The molecular formula is C41H50O5. The Labute approximate surface area is 274 Å². The van der Waals surface area contributed by atoms with Gasteiger partial charge < -0.3 is 19.7 Å². The quantitative estimate of drug-likeness (QED) is 0.199. The number of hydrogen-bond acceptors (Lipinski definition) is 5. The van der Waals surface area contributed by atoms with Crippen molar-refractivity contribution in [2.75, 3.05) is 13.2 Å². The van der Waals surface area contributed by atoms with Crippen LogP contribution in [0.2, 0.25) is 0 Å². The van der Waals surface area contributed by atoms with E-state index in [2.05, 4.69) is 79.7 Å². The van der Waals surface area contributed by atoms with E-state index in [-0.39, 0.29) is 23.2 Å². The molecule has 0 amide bonds. The zero-order valence-corrected chi connectivity index (χ0v) is 27.4. The van der Waals surface area contributed by atoms with Crippen LogP contribution < -0.4 is 0 Å². The van der Waals surface area contributed by atoms with Gasteiger partial charge >= 0.3 is 5.97 Å². The molecule has 4 aliphatic carbocycles. The molecule has 2 N–H and O–H groups in total. The van der Waals surface area contributed by atoms with Gasteiger partial charge in [0, 0.05) is 11.8 Å². The van der Waals surface area contributed by atoms with Gasteiger partial charge in [0.2, 0.25) is 0 Å². The van der Waals surface area contributed by atoms with Gasteiger partial charge in [-0.3, -0.25) is 4.79 Å². The molecule has 0 spiro atoms. The Morgan fingerprint density at radius 1 is 0.783 bits per heavy atom. The Kier molecular flexibility index (Phi) is 8.40. The molecule has 3 aromatic carbocycles. The van der Waals surface area contributed by atoms with Crippen molar-refractivity contribution in [2.24, 2.45) is 34.5 Å². The Balaban J connectivity index is 1.31. The van der Waals surface area contributed by atoms with Gasteiger partial charge in [0.15, 0.2) is 0 Å². The maximum Gasteiger partial charge on any atom is 0.309 e. The predicted octanol–water partition coefficient (Wildman–Crippen LogP) is 7.67. The van der Waals surface area contributed by atoms with Crippen LogP contribution in [0.4, 0.5) is 0 Å². The van der Waals surface area contributed by atoms with Crippen LogP contribution in [0.15, 0.2) is 91.0 Å². The van der Waals surface area contributed by atoms with Gasteiger partial charge in [-0.15, -0.1) is 0 Å². The van der Waals surface area contributed by atoms with E-state index >= 15 is 0 Å². The molecular weight excluding hydrogens is 572 g/mol. The standard InChI is InChI=1S/C41H50O5/c1-3-45-37(43)36-20-19-34-33-22-26-40(44)27-32(42)21-25-39(40,35(33)23-24-38(34,36)2)28-46-41(29-13-7-4-8-14-29,30-15-9-5-10-16-30)31-17-11-6-12-18-31/h4-18,32-36,42,44H,3,19-28H2,1-2H3/t32-,33+,34+,35+,36-,38+,39-,40+/m0/s1. The molecule has 0 radical (unpaired) electrons. The normalized spacial score (nSPS) is 35.4. The van der Waals surface area contributed by atoms with Crippen molar-refractivity contribution in [3.8, 4) is 0 Å². The van der Waals surface area contributed by atoms with E-state index in [1.54, 1.807) is 0 Å². The topological polar surface area (TPSA) is 76.0 Å². The average molecular weight is 623 g/mol. The first-order chi connectivity index (χ1) is 22.3. The van der Waals surface area contributed by atoms with Crippen molar-refractivity contribution < 1.29 is 24.5 Å². The van der Waals surface area contributed by atoms with Crippen LogP contribution in [0.5, 0.6) is 0 Å². The van der Waals surface area contributed by atoms with Crippen LogP contribution in [0.25, 0.3) is 0 Å². The smallest absolute Gasteiger partial charge is 0.309 e. The highest BCUT2D eigenvalue weighted by Gasteiger charge is 2.67. The maximum atomic E-state index is 13.2. The fraction of sp³-hybridized carbons (Fsp3) is 0.537. The summed E-state index contributed by atoms with van der Waals surface area (Å²) in [5.41, 5.74) is 0.672. The van der Waals surface area contributed by atoms with Crippen molar-refractivity contribution in [3.63, 3.8) is 0 Å². The van der Waals surface area contributed by atoms with Crippen LogP contribution in [0.3, 0.4) is 0 Å². The highest BCUT2D eigenvalue weighted by molar-refractivity contribution is 5.74. The lowest BCUT2D eigenvalue weighted by Gasteiger charge is -2.65. The highest BCUT2D eigenvalue weighted by atomic mass is 16.5. The van der Waals surface area contributed by atoms with Crippen molar-refractivity contribution >= 4 is 5.97 Å². The number of aliphatic hydroxyl groups excluding tert-OH is 1. The summed E-state index contributed by atoms with van der Waals surface area (Å²) in [6.07, 6.45) is 6.66. The first kappa shape index (κ1) is 31.6. The number of carbonyl (C=O) groups is 1. The summed E-state index contributed by atoms with van der Waals surface area (Å²) in [4.78, 5) is 13.2.